The number of imide groups is 1. The van der Waals surface area contributed by atoms with E-state index in [0.29, 0.717) is 28.8 Å². The second kappa shape index (κ2) is 7.49. The summed E-state index contributed by atoms with van der Waals surface area (Å²) in [6.07, 6.45) is 0.429. The molecular formula is C19H16N4O3. The van der Waals surface area contributed by atoms with Crippen LogP contribution < -0.4 is 10.6 Å². The number of para-hydroxylation sites is 1. The summed E-state index contributed by atoms with van der Waals surface area (Å²) in [5.41, 5.74) is 1.62. The van der Waals surface area contributed by atoms with Crippen LogP contribution in [0.3, 0.4) is 0 Å². The third-order valence-electron chi connectivity index (χ3n) is 4.02. The summed E-state index contributed by atoms with van der Waals surface area (Å²) in [6, 6.07) is 14.9. The lowest BCUT2D eigenvalue weighted by Crippen LogP contribution is -2.35. The van der Waals surface area contributed by atoms with Gasteiger partial charge in [-0.3, -0.25) is 14.5 Å². The Balaban J connectivity index is 1.48. The van der Waals surface area contributed by atoms with Gasteiger partial charge in [0.25, 0.3) is 11.8 Å². The van der Waals surface area contributed by atoms with Gasteiger partial charge in [-0.05, 0) is 30.7 Å². The Morgan fingerprint density at radius 2 is 1.62 bits per heavy atom. The fourth-order valence-electron chi connectivity index (χ4n) is 2.74. The summed E-state index contributed by atoms with van der Waals surface area (Å²) < 4.78 is 0. The quantitative estimate of drug-likeness (QED) is 0.639. The Hall–Kier alpha value is -3.66. The molecule has 2 aromatic carbocycles. The predicted molar refractivity (Wildman–Crippen MR) is 94.6 cm³/mol. The molecule has 0 spiro atoms. The number of carbonyl (C=O) groups is 3. The van der Waals surface area contributed by atoms with Gasteiger partial charge in [0.05, 0.1) is 22.4 Å². The van der Waals surface area contributed by atoms with Crippen LogP contribution in [0.25, 0.3) is 0 Å². The highest BCUT2D eigenvalue weighted by molar-refractivity contribution is 6.21. The number of benzene rings is 2. The molecule has 7 nitrogen and oxygen atoms in total. The highest BCUT2D eigenvalue weighted by Crippen LogP contribution is 2.22. The first-order chi connectivity index (χ1) is 12.6. The van der Waals surface area contributed by atoms with Crippen molar-refractivity contribution in [2.24, 2.45) is 0 Å². The number of hydrogen-bond acceptors (Lipinski definition) is 4. The number of urea groups is 1. The third kappa shape index (κ3) is 3.39. The van der Waals surface area contributed by atoms with E-state index in [0.717, 1.165) is 0 Å². The summed E-state index contributed by atoms with van der Waals surface area (Å²) >= 11 is 0. The molecule has 0 fully saturated rings. The number of nitrogens with one attached hydrogen (secondary N) is 2. The van der Waals surface area contributed by atoms with E-state index in [1.165, 1.54) is 4.90 Å². The van der Waals surface area contributed by atoms with E-state index in [4.69, 9.17) is 5.26 Å². The van der Waals surface area contributed by atoms with Gasteiger partial charge in [-0.15, -0.1) is 0 Å². The molecule has 130 valence electrons. The van der Waals surface area contributed by atoms with Crippen molar-refractivity contribution in [2.45, 2.75) is 6.42 Å². The van der Waals surface area contributed by atoms with Crippen molar-refractivity contribution < 1.29 is 14.4 Å². The maximum Gasteiger partial charge on any atom is 0.319 e. The molecule has 0 aliphatic carbocycles. The van der Waals surface area contributed by atoms with E-state index in [1.807, 2.05) is 6.07 Å². The monoisotopic (exact) mass is 348 g/mol. The summed E-state index contributed by atoms with van der Waals surface area (Å²) in [5.74, 6) is -0.615. The Labute approximate surface area is 150 Å². The average Bonchev–Trinajstić information content (AvgIpc) is 2.90. The molecule has 1 aliphatic heterocycles. The molecule has 4 amide bonds. The fraction of sp³-hybridized carbons (Fsp3) is 0.158. The Morgan fingerprint density at radius 1 is 1.00 bits per heavy atom. The molecular weight excluding hydrogens is 332 g/mol. The largest absolute Gasteiger partial charge is 0.338 e. The number of nitriles is 1. The maximum absolute atomic E-state index is 12.2. The summed E-state index contributed by atoms with van der Waals surface area (Å²) in [5, 5.41) is 14.2. The number of amides is 4. The molecule has 2 aromatic rings. The normalized spacial score (nSPS) is 12.5. The number of carbonyl (C=O) groups excluding carboxylic acids is 3. The van der Waals surface area contributed by atoms with Crippen molar-refractivity contribution in [2.75, 3.05) is 18.4 Å². The fourth-order valence-corrected chi connectivity index (χ4v) is 2.74. The van der Waals surface area contributed by atoms with E-state index in [-0.39, 0.29) is 24.9 Å². The summed E-state index contributed by atoms with van der Waals surface area (Å²) in [4.78, 5) is 37.5. The topological polar surface area (TPSA) is 102 Å². The number of hydrogen-bond donors (Lipinski definition) is 2. The number of anilines is 1. The van der Waals surface area contributed by atoms with E-state index in [9.17, 15) is 14.4 Å². The van der Waals surface area contributed by atoms with Crippen molar-refractivity contribution in [3.8, 4) is 6.07 Å². The first-order valence-corrected chi connectivity index (χ1v) is 8.11. The SMILES string of the molecule is N#Cc1ccccc1NC(=O)NCCCN1C(=O)c2ccccc2C1=O. The zero-order valence-corrected chi connectivity index (χ0v) is 13.9. The van der Waals surface area contributed by atoms with Crippen LogP contribution in [0, 0.1) is 11.3 Å². The third-order valence-corrected chi connectivity index (χ3v) is 4.02. The van der Waals surface area contributed by atoms with Gasteiger partial charge >= 0.3 is 6.03 Å². The van der Waals surface area contributed by atoms with E-state index < -0.39 is 6.03 Å². The van der Waals surface area contributed by atoms with Crippen molar-refractivity contribution >= 4 is 23.5 Å². The van der Waals surface area contributed by atoms with Crippen molar-refractivity contribution in [3.63, 3.8) is 0 Å². The minimum atomic E-state index is -0.449. The Kier molecular flexibility index (Phi) is 4.94. The van der Waals surface area contributed by atoms with Crippen LogP contribution in [-0.4, -0.2) is 35.8 Å². The van der Waals surface area contributed by atoms with Gasteiger partial charge in [0.1, 0.15) is 6.07 Å². The Morgan fingerprint density at radius 3 is 2.27 bits per heavy atom. The molecule has 0 aromatic heterocycles. The van der Waals surface area contributed by atoms with Gasteiger partial charge in [-0.25, -0.2) is 4.79 Å². The van der Waals surface area contributed by atoms with Crippen LogP contribution in [0.5, 0.6) is 0 Å². The molecule has 0 saturated carbocycles. The number of fused-ring (bicyclic) bond motifs is 1. The van der Waals surface area contributed by atoms with Gasteiger partial charge in [0, 0.05) is 13.1 Å². The molecule has 2 N–H and O–H groups in total. The van der Waals surface area contributed by atoms with Crippen LogP contribution >= 0.6 is 0 Å². The highest BCUT2D eigenvalue weighted by atomic mass is 16.2. The molecule has 1 aliphatic rings. The lowest BCUT2D eigenvalue weighted by molar-refractivity contribution is 0.0653. The van der Waals surface area contributed by atoms with Gasteiger partial charge in [-0.2, -0.15) is 5.26 Å². The summed E-state index contributed by atoms with van der Waals surface area (Å²) in [6.45, 7) is 0.509. The second-order valence-electron chi connectivity index (χ2n) is 5.70. The maximum atomic E-state index is 12.2. The van der Waals surface area contributed by atoms with Crippen LogP contribution in [-0.2, 0) is 0 Å². The lowest BCUT2D eigenvalue weighted by Gasteiger charge is -2.14. The molecule has 7 heteroatoms. The minimum absolute atomic E-state index is 0.224. The Bertz CT molecular complexity index is 882. The first kappa shape index (κ1) is 17.2. The van der Waals surface area contributed by atoms with Crippen LogP contribution in [0.1, 0.15) is 32.7 Å². The van der Waals surface area contributed by atoms with E-state index in [1.54, 1.807) is 48.5 Å². The van der Waals surface area contributed by atoms with Gasteiger partial charge in [-0.1, -0.05) is 24.3 Å². The zero-order chi connectivity index (χ0) is 18.5. The lowest BCUT2D eigenvalue weighted by atomic mass is 10.1. The molecule has 26 heavy (non-hydrogen) atoms. The van der Waals surface area contributed by atoms with Crippen LogP contribution in [0.4, 0.5) is 10.5 Å². The van der Waals surface area contributed by atoms with Crippen molar-refractivity contribution in [1.82, 2.24) is 10.2 Å². The molecule has 0 atom stereocenters. The molecule has 0 radical (unpaired) electrons. The summed E-state index contributed by atoms with van der Waals surface area (Å²) in [7, 11) is 0. The van der Waals surface area contributed by atoms with Crippen molar-refractivity contribution in [3.05, 3.63) is 65.2 Å². The molecule has 0 bridgehead atoms. The van der Waals surface area contributed by atoms with E-state index in [2.05, 4.69) is 10.6 Å². The van der Waals surface area contributed by atoms with Crippen molar-refractivity contribution in [1.29, 1.82) is 5.26 Å². The highest BCUT2D eigenvalue weighted by Gasteiger charge is 2.34. The van der Waals surface area contributed by atoms with Crippen LogP contribution in [0.15, 0.2) is 48.5 Å². The van der Waals surface area contributed by atoms with Gasteiger partial charge in [0.15, 0.2) is 0 Å². The molecule has 3 rings (SSSR count). The predicted octanol–water partition coefficient (Wildman–Crippen LogP) is 2.37. The van der Waals surface area contributed by atoms with Crippen LogP contribution in [0.2, 0.25) is 0 Å². The van der Waals surface area contributed by atoms with Gasteiger partial charge < -0.3 is 10.6 Å². The molecule has 0 unspecified atom stereocenters. The molecule has 0 saturated heterocycles. The smallest absolute Gasteiger partial charge is 0.319 e. The minimum Gasteiger partial charge on any atom is -0.338 e. The number of rotatable bonds is 5. The standard InChI is InChI=1S/C19H16N4O3/c20-12-13-6-1-4-9-16(13)22-19(26)21-10-5-11-23-17(24)14-7-2-3-8-15(14)18(23)25/h1-4,6-9H,5,10-11H2,(H2,21,22,26). The van der Waals surface area contributed by atoms with Gasteiger partial charge in [0.2, 0.25) is 0 Å². The first-order valence-electron chi connectivity index (χ1n) is 8.11. The number of nitrogens with zero attached hydrogens (tertiary/aromatic N) is 2. The van der Waals surface area contributed by atoms with E-state index >= 15 is 0 Å². The zero-order valence-electron chi connectivity index (χ0n) is 13.9. The molecule has 1 heterocycles. The second-order valence-corrected chi connectivity index (χ2v) is 5.70. The average molecular weight is 348 g/mol.